The molecular weight excluding hydrogens is 184 g/mol. The molecule has 0 fully saturated rings. The first-order chi connectivity index (χ1) is 6.41. The highest BCUT2D eigenvalue weighted by atomic mass is 16.3. The number of hydrogen-bond donors (Lipinski definition) is 4. The standard InChI is InChI=1S/C10H22O4/c1-7(11)3-4-9(13)6-10(14)5-8(2)12/h7-14H,3-6H2,1-2H3. The van der Waals surface area contributed by atoms with Gasteiger partial charge in [0.05, 0.1) is 24.4 Å². The molecule has 0 heterocycles. The molecule has 4 nitrogen and oxygen atoms in total. The summed E-state index contributed by atoms with van der Waals surface area (Å²) >= 11 is 0. The van der Waals surface area contributed by atoms with Gasteiger partial charge in [-0.25, -0.2) is 0 Å². The van der Waals surface area contributed by atoms with E-state index in [-0.39, 0.29) is 12.8 Å². The van der Waals surface area contributed by atoms with Gasteiger partial charge in [-0.05, 0) is 39.5 Å². The number of aliphatic hydroxyl groups is 4. The third kappa shape index (κ3) is 8.44. The van der Waals surface area contributed by atoms with E-state index < -0.39 is 24.4 Å². The van der Waals surface area contributed by atoms with Crippen molar-refractivity contribution in [1.82, 2.24) is 0 Å². The SMILES string of the molecule is CC(O)CCC(O)CC(O)CC(C)O. The lowest BCUT2D eigenvalue weighted by molar-refractivity contribution is 0.0365. The maximum Gasteiger partial charge on any atom is 0.0589 e. The molecule has 0 radical (unpaired) electrons. The fourth-order valence-corrected chi connectivity index (χ4v) is 1.36. The summed E-state index contributed by atoms with van der Waals surface area (Å²) in [5.74, 6) is 0. The molecule has 4 unspecified atom stereocenters. The number of rotatable bonds is 7. The van der Waals surface area contributed by atoms with E-state index in [1.165, 1.54) is 0 Å². The second-order valence-electron chi connectivity index (χ2n) is 4.05. The maximum absolute atomic E-state index is 9.43. The van der Waals surface area contributed by atoms with Gasteiger partial charge in [0.25, 0.3) is 0 Å². The van der Waals surface area contributed by atoms with Gasteiger partial charge in [-0.15, -0.1) is 0 Å². The minimum absolute atomic E-state index is 0.262. The molecule has 0 spiro atoms. The molecule has 0 aromatic carbocycles. The molecule has 0 aliphatic carbocycles. The van der Waals surface area contributed by atoms with Crippen LogP contribution in [-0.4, -0.2) is 44.8 Å². The lowest BCUT2D eigenvalue weighted by atomic mass is 10.0. The zero-order chi connectivity index (χ0) is 11.1. The molecule has 0 saturated carbocycles. The molecule has 0 amide bonds. The van der Waals surface area contributed by atoms with Crippen LogP contribution in [0.1, 0.15) is 39.5 Å². The summed E-state index contributed by atoms with van der Waals surface area (Å²) in [6, 6.07) is 0. The van der Waals surface area contributed by atoms with Crippen molar-refractivity contribution in [1.29, 1.82) is 0 Å². The molecule has 0 aromatic rings. The van der Waals surface area contributed by atoms with Gasteiger partial charge in [-0.2, -0.15) is 0 Å². The molecule has 0 aliphatic heterocycles. The smallest absolute Gasteiger partial charge is 0.0589 e. The van der Waals surface area contributed by atoms with Gasteiger partial charge in [-0.1, -0.05) is 0 Å². The van der Waals surface area contributed by atoms with E-state index in [0.717, 1.165) is 0 Å². The van der Waals surface area contributed by atoms with E-state index in [9.17, 15) is 10.2 Å². The molecule has 86 valence electrons. The summed E-state index contributed by atoms with van der Waals surface area (Å²) in [5, 5.41) is 36.7. The van der Waals surface area contributed by atoms with Crippen molar-refractivity contribution in [2.75, 3.05) is 0 Å². The third-order valence-electron chi connectivity index (χ3n) is 2.08. The highest BCUT2D eigenvalue weighted by Crippen LogP contribution is 2.10. The van der Waals surface area contributed by atoms with Crippen LogP contribution < -0.4 is 0 Å². The Morgan fingerprint density at radius 1 is 0.714 bits per heavy atom. The Kier molecular flexibility index (Phi) is 7.09. The molecule has 4 heteroatoms. The topological polar surface area (TPSA) is 80.9 Å². The molecule has 0 rings (SSSR count). The average Bonchev–Trinajstić information content (AvgIpc) is 1.98. The second kappa shape index (κ2) is 7.17. The van der Waals surface area contributed by atoms with Gasteiger partial charge in [0.1, 0.15) is 0 Å². The third-order valence-corrected chi connectivity index (χ3v) is 2.08. The summed E-state index contributed by atoms with van der Waals surface area (Å²) in [5.41, 5.74) is 0. The van der Waals surface area contributed by atoms with Crippen molar-refractivity contribution in [2.45, 2.75) is 63.9 Å². The van der Waals surface area contributed by atoms with Gasteiger partial charge in [0.15, 0.2) is 0 Å². The predicted octanol–water partition coefficient (Wildman–Crippen LogP) is 0.0302. The largest absolute Gasteiger partial charge is 0.393 e. The predicted molar refractivity (Wildman–Crippen MR) is 53.8 cm³/mol. The molecular formula is C10H22O4. The highest BCUT2D eigenvalue weighted by molar-refractivity contribution is 4.66. The van der Waals surface area contributed by atoms with Crippen LogP contribution in [0, 0.1) is 0 Å². The Bertz CT molecular complexity index is 136. The van der Waals surface area contributed by atoms with Gasteiger partial charge in [0, 0.05) is 0 Å². The average molecular weight is 206 g/mol. The van der Waals surface area contributed by atoms with Crippen LogP contribution in [-0.2, 0) is 0 Å². The maximum atomic E-state index is 9.43. The van der Waals surface area contributed by atoms with Crippen LogP contribution in [0.5, 0.6) is 0 Å². The Labute approximate surface area is 85.2 Å². The fraction of sp³-hybridized carbons (Fsp3) is 1.00. The number of hydrogen-bond acceptors (Lipinski definition) is 4. The van der Waals surface area contributed by atoms with Gasteiger partial charge < -0.3 is 20.4 Å². The van der Waals surface area contributed by atoms with E-state index >= 15 is 0 Å². The molecule has 0 saturated heterocycles. The van der Waals surface area contributed by atoms with Crippen LogP contribution in [0.15, 0.2) is 0 Å². The van der Waals surface area contributed by atoms with Crippen molar-refractivity contribution in [3.8, 4) is 0 Å². The van der Waals surface area contributed by atoms with Crippen LogP contribution in [0.4, 0.5) is 0 Å². The van der Waals surface area contributed by atoms with E-state index in [2.05, 4.69) is 0 Å². The fourth-order valence-electron chi connectivity index (χ4n) is 1.36. The van der Waals surface area contributed by atoms with Crippen LogP contribution >= 0.6 is 0 Å². The minimum Gasteiger partial charge on any atom is -0.393 e. The second-order valence-corrected chi connectivity index (χ2v) is 4.05. The van der Waals surface area contributed by atoms with E-state index in [1.54, 1.807) is 13.8 Å². The highest BCUT2D eigenvalue weighted by Gasteiger charge is 2.14. The summed E-state index contributed by atoms with van der Waals surface area (Å²) in [6.07, 6.45) is -0.676. The molecule has 0 aliphatic rings. The van der Waals surface area contributed by atoms with Crippen LogP contribution in [0.3, 0.4) is 0 Å². The van der Waals surface area contributed by atoms with Crippen molar-refractivity contribution in [3.05, 3.63) is 0 Å². The lowest BCUT2D eigenvalue weighted by Crippen LogP contribution is -2.22. The molecule has 14 heavy (non-hydrogen) atoms. The first-order valence-electron chi connectivity index (χ1n) is 5.14. The van der Waals surface area contributed by atoms with Crippen LogP contribution in [0.25, 0.3) is 0 Å². The molecule has 0 aromatic heterocycles. The lowest BCUT2D eigenvalue weighted by Gasteiger charge is -2.17. The Morgan fingerprint density at radius 3 is 1.71 bits per heavy atom. The van der Waals surface area contributed by atoms with Gasteiger partial charge in [-0.3, -0.25) is 0 Å². The van der Waals surface area contributed by atoms with E-state index in [4.69, 9.17) is 10.2 Å². The Hall–Kier alpha value is -0.160. The first-order valence-corrected chi connectivity index (χ1v) is 5.14. The van der Waals surface area contributed by atoms with Crippen molar-refractivity contribution in [3.63, 3.8) is 0 Å². The molecule has 4 N–H and O–H groups in total. The molecule has 4 atom stereocenters. The Morgan fingerprint density at radius 2 is 1.29 bits per heavy atom. The van der Waals surface area contributed by atoms with E-state index in [1.807, 2.05) is 0 Å². The Balaban J connectivity index is 3.55. The summed E-state index contributed by atoms with van der Waals surface area (Å²) in [7, 11) is 0. The minimum atomic E-state index is -0.668. The molecule has 0 bridgehead atoms. The quantitative estimate of drug-likeness (QED) is 0.474. The zero-order valence-corrected chi connectivity index (χ0v) is 8.93. The monoisotopic (exact) mass is 206 g/mol. The van der Waals surface area contributed by atoms with Gasteiger partial charge >= 0.3 is 0 Å². The normalized spacial score (nSPS) is 20.1. The van der Waals surface area contributed by atoms with Crippen molar-refractivity contribution in [2.24, 2.45) is 0 Å². The number of aliphatic hydroxyl groups excluding tert-OH is 4. The van der Waals surface area contributed by atoms with Gasteiger partial charge in [0.2, 0.25) is 0 Å². The summed E-state index contributed by atoms with van der Waals surface area (Å²) in [4.78, 5) is 0. The zero-order valence-electron chi connectivity index (χ0n) is 8.93. The van der Waals surface area contributed by atoms with E-state index in [0.29, 0.717) is 12.8 Å². The van der Waals surface area contributed by atoms with Crippen LogP contribution in [0.2, 0.25) is 0 Å². The van der Waals surface area contributed by atoms with Crippen molar-refractivity contribution < 1.29 is 20.4 Å². The summed E-state index contributed by atoms with van der Waals surface area (Å²) < 4.78 is 0. The van der Waals surface area contributed by atoms with Crippen molar-refractivity contribution >= 4 is 0 Å². The first kappa shape index (κ1) is 13.8. The summed E-state index contributed by atoms with van der Waals surface area (Å²) in [6.45, 7) is 3.27.